The van der Waals surface area contributed by atoms with Crippen LogP contribution >= 0.6 is 7.82 Å². The fourth-order valence-corrected chi connectivity index (χ4v) is 1.98. The molecule has 1 heterocycles. The minimum absolute atomic E-state index is 0.0226. The first kappa shape index (κ1) is 21.4. The molecule has 0 unspecified atom stereocenters. The number of nitrogens with two attached hydrogens (primary N) is 2. The van der Waals surface area contributed by atoms with Crippen molar-refractivity contribution in [2.45, 2.75) is 13.0 Å². The smallest absolute Gasteiger partial charge is 0.465 e. The van der Waals surface area contributed by atoms with E-state index in [2.05, 4.69) is 25.1 Å². The van der Waals surface area contributed by atoms with Crippen molar-refractivity contribution in [2.75, 3.05) is 17.8 Å². The van der Waals surface area contributed by atoms with Crippen LogP contribution < -0.4 is 21.5 Å². The number of nitrogens with zero attached hydrogens (tertiary/aromatic N) is 3. The van der Waals surface area contributed by atoms with Gasteiger partial charge < -0.3 is 31.3 Å². The van der Waals surface area contributed by atoms with E-state index < -0.39 is 26.6 Å². The second kappa shape index (κ2) is 9.35. The molecule has 1 atom stereocenters. The van der Waals surface area contributed by atoms with Crippen LogP contribution in [0, 0.1) is 0 Å². The second-order valence-corrected chi connectivity index (χ2v) is 6.67. The van der Waals surface area contributed by atoms with Crippen LogP contribution in [0.1, 0.15) is 6.92 Å². The molecule has 150 valence electrons. The van der Waals surface area contributed by atoms with Gasteiger partial charge in [-0.05, 0) is 31.2 Å². The number of aromatic nitrogens is 1. The molecule has 0 spiro atoms. The third-order valence-corrected chi connectivity index (χ3v) is 3.58. The Hall–Kier alpha value is -2.89. The van der Waals surface area contributed by atoms with Gasteiger partial charge in [-0.25, -0.2) is 14.1 Å². The summed E-state index contributed by atoms with van der Waals surface area (Å²) in [6.07, 6.45) is 0. The maximum absolute atomic E-state index is 11.6. The zero-order chi connectivity index (χ0) is 20.7. The third-order valence-electron chi connectivity index (χ3n) is 3.13. The first-order valence-corrected chi connectivity index (χ1v) is 9.35. The Morgan fingerprint density at radius 3 is 2.57 bits per heavy atom. The number of phosphoric ester groups is 1. The fraction of sp³-hybridized carbons (Fsp3) is 0.200. The predicted molar refractivity (Wildman–Crippen MR) is 100 cm³/mol. The van der Waals surface area contributed by atoms with Gasteiger partial charge in [-0.1, -0.05) is 12.1 Å². The number of phosphoric acid groups is 1. The van der Waals surface area contributed by atoms with Crippen molar-refractivity contribution in [2.24, 2.45) is 16.0 Å². The molecule has 28 heavy (non-hydrogen) atoms. The van der Waals surface area contributed by atoms with Gasteiger partial charge in [0.05, 0.1) is 6.04 Å². The van der Waals surface area contributed by atoms with Crippen LogP contribution in [0.3, 0.4) is 0 Å². The number of pyridine rings is 1. The minimum Gasteiger partial charge on any atom is -0.465 e. The molecule has 13 heteroatoms. The largest absolute Gasteiger partial charge is 0.472 e. The predicted octanol–water partition coefficient (Wildman–Crippen LogP) is 1.81. The Morgan fingerprint density at radius 2 is 1.93 bits per heavy atom. The average Bonchev–Trinajstić information content (AvgIpc) is 2.61. The zero-order valence-corrected chi connectivity index (χ0v) is 15.6. The van der Waals surface area contributed by atoms with Gasteiger partial charge >= 0.3 is 7.82 Å². The molecular formula is C15H19N6O6P. The first-order chi connectivity index (χ1) is 13.2. The lowest BCUT2D eigenvalue weighted by molar-refractivity contribution is -0.117. The number of benzene rings is 1. The number of azo groups is 1. The zero-order valence-electron chi connectivity index (χ0n) is 14.7. The number of carbonyl (C=O) groups excluding carboxylic acids is 1. The van der Waals surface area contributed by atoms with Crippen molar-refractivity contribution >= 4 is 36.7 Å². The van der Waals surface area contributed by atoms with E-state index in [0.29, 0.717) is 0 Å². The molecule has 0 saturated carbocycles. The normalized spacial score (nSPS) is 12.7. The lowest BCUT2D eigenvalue weighted by Gasteiger charge is -2.09. The number of carbonyl (C=O) groups is 1. The monoisotopic (exact) mass is 410 g/mol. The van der Waals surface area contributed by atoms with Crippen LogP contribution in [0.4, 0.5) is 23.0 Å². The molecule has 12 nitrogen and oxygen atoms in total. The standard InChI is InChI=1S/C15H19N6O6P/c1-9(16)15(22)19-13-7-6-11(14(17)18-13)21-20-10-4-2-3-5-12(10)26-8-27-28(23,24)25/h2-7,9H,8,16H2,1H3,(H2,23,24,25)(H3,17,18,19,22)/b21-20+/t9-/m0/s1. The van der Waals surface area contributed by atoms with E-state index in [-0.39, 0.29) is 28.8 Å². The van der Waals surface area contributed by atoms with Crippen molar-refractivity contribution in [1.29, 1.82) is 0 Å². The number of anilines is 2. The quantitative estimate of drug-likeness (QED) is 0.245. The number of rotatable bonds is 8. The van der Waals surface area contributed by atoms with Gasteiger partial charge in [-0.3, -0.25) is 4.79 Å². The molecule has 0 fully saturated rings. The maximum Gasteiger partial charge on any atom is 0.472 e. The summed E-state index contributed by atoms with van der Waals surface area (Å²) < 4.78 is 20.1. The van der Waals surface area contributed by atoms with Crippen molar-refractivity contribution in [3.05, 3.63) is 36.4 Å². The Kier molecular flexibility index (Phi) is 7.15. The summed E-state index contributed by atoms with van der Waals surface area (Å²) in [5.41, 5.74) is 11.8. The van der Waals surface area contributed by atoms with E-state index in [1.54, 1.807) is 18.2 Å². The highest BCUT2D eigenvalue weighted by atomic mass is 31.2. The van der Waals surface area contributed by atoms with Crippen molar-refractivity contribution < 1.29 is 28.4 Å². The van der Waals surface area contributed by atoms with Crippen LogP contribution in [0.2, 0.25) is 0 Å². The molecule has 0 aliphatic rings. The van der Waals surface area contributed by atoms with Gasteiger partial charge in [-0.2, -0.15) is 0 Å². The number of amides is 1. The lowest BCUT2D eigenvalue weighted by Crippen LogP contribution is -2.32. The summed E-state index contributed by atoms with van der Waals surface area (Å²) in [5, 5.41) is 10.5. The molecule has 2 aromatic rings. The highest BCUT2D eigenvalue weighted by Crippen LogP contribution is 2.36. The summed E-state index contributed by atoms with van der Waals surface area (Å²) in [4.78, 5) is 32.9. The van der Waals surface area contributed by atoms with E-state index in [9.17, 15) is 9.36 Å². The number of para-hydroxylation sites is 1. The summed E-state index contributed by atoms with van der Waals surface area (Å²) >= 11 is 0. The van der Waals surface area contributed by atoms with E-state index in [4.69, 9.17) is 26.0 Å². The summed E-state index contributed by atoms with van der Waals surface area (Å²) in [7, 11) is -4.65. The molecule has 0 aliphatic heterocycles. The molecule has 1 amide bonds. The molecule has 0 radical (unpaired) electrons. The minimum atomic E-state index is -4.65. The molecule has 0 saturated heterocycles. The van der Waals surface area contributed by atoms with Crippen LogP contribution in [-0.4, -0.2) is 33.5 Å². The van der Waals surface area contributed by atoms with Gasteiger partial charge in [0.25, 0.3) is 0 Å². The summed E-state index contributed by atoms with van der Waals surface area (Å²) in [6, 6.07) is 8.68. The number of ether oxygens (including phenoxy) is 1. The van der Waals surface area contributed by atoms with Gasteiger partial charge in [0.1, 0.15) is 22.9 Å². The fourth-order valence-electron chi connectivity index (χ4n) is 1.79. The molecule has 1 aromatic heterocycles. The topological polar surface area (TPSA) is 195 Å². The molecule has 0 aliphatic carbocycles. The Labute approximate surface area is 159 Å². The van der Waals surface area contributed by atoms with Gasteiger partial charge in [0.2, 0.25) is 5.91 Å². The van der Waals surface area contributed by atoms with E-state index in [0.717, 1.165) is 0 Å². The SMILES string of the molecule is C[C@H](N)C(=O)Nc1ccc(/N=N/c2ccccc2OCOP(=O)(O)O)c(N)n1. The Morgan fingerprint density at radius 1 is 1.25 bits per heavy atom. The van der Waals surface area contributed by atoms with Crippen LogP contribution in [0.15, 0.2) is 46.6 Å². The number of nitrogens with one attached hydrogen (secondary N) is 1. The van der Waals surface area contributed by atoms with E-state index >= 15 is 0 Å². The Balaban J connectivity index is 2.11. The number of nitrogen functional groups attached to an aromatic ring is 1. The number of hydrogen-bond donors (Lipinski definition) is 5. The summed E-state index contributed by atoms with van der Waals surface area (Å²) in [6.45, 7) is 0.861. The third kappa shape index (κ3) is 6.68. The van der Waals surface area contributed by atoms with Crippen molar-refractivity contribution in [1.82, 2.24) is 4.98 Å². The van der Waals surface area contributed by atoms with Gasteiger partial charge in [0, 0.05) is 0 Å². The lowest BCUT2D eigenvalue weighted by atomic mass is 10.3. The Bertz CT molecular complexity index is 916. The molecule has 1 aromatic carbocycles. The van der Waals surface area contributed by atoms with Crippen LogP contribution in [0.5, 0.6) is 5.75 Å². The maximum atomic E-state index is 11.6. The summed E-state index contributed by atoms with van der Waals surface area (Å²) in [5.74, 6) is 0.0171. The first-order valence-electron chi connectivity index (χ1n) is 7.82. The van der Waals surface area contributed by atoms with E-state index in [1.807, 2.05) is 0 Å². The number of hydrogen-bond acceptors (Lipinski definition) is 9. The highest BCUT2D eigenvalue weighted by Gasteiger charge is 2.14. The van der Waals surface area contributed by atoms with Gasteiger partial charge in [0.15, 0.2) is 12.6 Å². The van der Waals surface area contributed by atoms with Crippen molar-refractivity contribution in [3.8, 4) is 5.75 Å². The highest BCUT2D eigenvalue weighted by molar-refractivity contribution is 7.46. The second-order valence-electron chi connectivity index (χ2n) is 5.43. The van der Waals surface area contributed by atoms with Crippen LogP contribution in [0.25, 0.3) is 0 Å². The van der Waals surface area contributed by atoms with Crippen molar-refractivity contribution in [3.63, 3.8) is 0 Å². The van der Waals surface area contributed by atoms with E-state index in [1.165, 1.54) is 25.1 Å². The average molecular weight is 410 g/mol. The molecular weight excluding hydrogens is 391 g/mol. The molecule has 2 rings (SSSR count). The van der Waals surface area contributed by atoms with Crippen LogP contribution in [-0.2, 0) is 13.9 Å². The van der Waals surface area contributed by atoms with Gasteiger partial charge in [-0.15, -0.1) is 10.2 Å². The molecule has 0 bridgehead atoms. The molecule has 7 N–H and O–H groups in total.